The summed E-state index contributed by atoms with van der Waals surface area (Å²) in [7, 11) is 0. The Morgan fingerprint density at radius 1 is 0.909 bits per heavy atom. The Balaban J connectivity index is 2.01. The van der Waals surface area contributed by atoms with E-state index in [-0.39, 0.29) is 5.41 Å². The summed E-state index contributed by atoms with van der Waals surface area (Å²) in [6.45, 7) is 3.84. The Hall–Kier alpha value is -2.15. The Labute approximate surface area is 133 Å². The fourth-order valence-electron chi connectivity index (χ4n) is 2.99. The van der Waals surface area contributed by atoms with Gasteiger partial charge in [-0.25, -0.2) is 0 Å². The third-order valence-electron chi connectivity index (χ3n) is 4.18. The van der Waals surface area contributed by atoms with Crippen LogP contribution in [0.1, 0.15) is 30.4 Å². The van der Waals surface area contributed by atoms with E-state index in [4.69, 9.17) is 0 Å². The summed E-state index contributed by atoms with van der Waals surface area (Å²) in [6, 6.07) is 20.7. The minimum Gasteiger partial charge on any atom is -0.303 e. The largest absolute Gasteiger partial charge is 0.303 e. The average Bonchev–Trinajstić information content (AvgIpc) is 2.57. The molecule has 1 unspecified atom stereocenters. The second kappa shape index (κ2) is 8.33. The molecule has 0 bridgehead atoms. The number of aryl methyl sites for hydroxylation is 1. The van der Waals surface area contributed by atoms with Crippen LogP contribution in [0.2, 0.25) is 0 Å². The van der Waals surface area contributed by atoms with Crippen molar-refractivity contribution in [2.75, 3.05) is 0 Å². The number of benzene rings is 2. The first-order valence-electron chi connectivity index (χ1n) is 7.93. The second-order valence-electron chi connectivity index (χ2n) is 5.97. The van der Waals surface area contributed by atoms with Crippen LogP contribution in [-0.4, -0.2) is 6.29 Å². The van der Waals surface area contributed by atoms with Crippen molar-refractivity contribution in [1.29, 1.82) is 0 Å². The maximum absolute atomic E-state index is 11.8. The molecule has 0 heterocycles. The van der Waals surface area contributed by atoms with E-state index in [1.165, 1.54) is 11.1 Å². The molecule has 1 atom stereocenters. The number of carbonyl (C=O) groups is 1. The van der Waals surface area contributed by atoms with E-state index >= 15 is 0 Å². The molecule has 2 aromatic rings. The quantitative estimate of drug-likeness (QED) is 0.469. The summed E-state index contributed by atoms with van der Waals surface area (Å²) in [5.74, 6) is 0. The van der Waals surface area contributed by atoms with Crippen molar-refractivity contribution in [3.05, 3.63) is 84.4 Å². The van der Waals surface area contributed by atoms with Gasteiger partial charge in [0.1, 0.15) is 6.29 Å². The van der Waals surface area contributed by atoms with Gasteiger partial charge in [0.2, 0.25) is 0 Å². The van der Waals surface area contributed by atoms with Gasteiger partial charge in [-0.2, -0.15) is 0 Å². The predicted molar refractivity (Wildman–Crippen MR) is 92.8 cm³/mol. The van der Waals surface area contributed by atoms with Crippen molar-refractivity contribution < 1.29 is 4.79 Å². The Bertz CT molecular complexity index is 573. The molecule has 1 nitrogen and oxygen atoms in total. The fraction of sp³-hybridized carbons (Fsp3) is 0.286. The molecule has 0 saturated heterocycles. The molecule has 2 rings (SSSR count). The molecule has 0 aliphatic carbocycles. The standard InChI is InChI=1S/C21H24O/c1-2-15-21(18-22,17-20-12-7-4-8-13-20)16-9-14-19-10-5-3-6-11-19/h2-8,10-13,18H,1,9,14-17H2. The van der Waals surface area contributed by atoms with E-state index in [9.17, 15) is 4.79 Å². The minimum atomic E-state index is -0.322. The summed E-state index contributed by atoms with van der Waals surface area (Å²) in [5, 5.41) is 0. The van der Waals surface area contributed by atoms with Crippen LogP contribution in [0.5, 0.6) is 0 Å². The van der Waals surface area contributed by atoms with E-state index in [1.54, 1.807) is 0 Å². The van der Waals surface area contributed by atoms with Crippen LogP contribution >= 0.6 is 0 Å². The molecule has 0 radical (unpaired) electrons. The molecule has 0 fully saturated rings. The maximum atomic E-state index is 11.8. The molecule has 22 heavy (non-hydrogen) atoms. The van der Waals surface area contributed by atoms with Crippen LogP contribution in [0.3, 0.4) is 0 Å². The fourth-order valence-corrected chi connectivity index (χ4v) is 2.99. The number of hydrogen-bond acceptors (Lipinski definition) is 1. The molecule has 2 aromatic carbocycles. The molecule has 0 spiro atoms. The lowest BCUT2D eigenvalue weighted by atomic mass is 9.76. The van der Waals surface area contributed by atoms with Gasteiger partial charge < -0.3 is 4.79 Å². The molecule has 0 N–H and O–H groups in total. The molecule has 0 aliphatic rings. The van der Waals surface area contributed by atoms with Crippen molar-refractivity contribution in [3.8, 4) is 0 Å². The number of rotatable bonds is 9. The van der Waals surface area contributed by atoms with Gasteiger partial charge in [-0.1, -0.05) is 66.7 Å². The summed E-state index contributed by atoms with van der Waals surface area (Å²) in [4.78, 5) is 11.8. The van der Waals surface area contributed by atoms with Crippen molar-refractivity contribution in [2.24, 2.45) is 5.41 Å². The van der Waals surface area contributed by atoms with Gasteiger partial charge in [-0.15, -0.1) is 6.58 Å². The molecular weight excluding hydrogens is 268 g/mol. The number of hydrogen-bond donors (Lipinski definition) is 0. The SMILES string of the molecule is C=CCC(C=O)(CCCc1ccccc1)Cc1ccccc1. The molecule has 0 saturated carbocycles. The zero-order valence-corrected chi connectivity index (χ0v) is 13.1. The number of aldehydes is 1. The van der Waals surface area contributed by atoms with Crippen LogP contribution in [-0.2, 0) is 17.6 Å². The normalized spacial score (nSPS) is 13.3. The average molecular weight is 292 g/mol. The lowest BCUT2D eigenvalue weighted by Gasteiger charge is -2.27. The first kappa shape index (κ1) is 16.2. The van der Waals surface area contributed by atoms with Gasteiger partial charge in [0.15, 0.2) is 0 Å². The van der Waals surface area contributed by atoms with E-state index in [2.05, 4.69) is 43.0 Å². The van der Waals surface area contributed by atoms with Crippen LogP contribution in [0.25, 0.3) is 0 Å². The molecule has 0 aromatic heterocycles. The van der Waals surface area contributed by atoms with Crippen LogP contribution in [0.4, 0.5) is 0 Å². The third-order valence-corrected chi connectivity index (χ3v) is 4.18. The van der Waals surface area contributed by atoms with E-state index in [0.29, 0.717) is 0 Å². The Morgan fingerprint density at radius 3 is 2.05 bits per heavy atom. The zero-order chi connectivity index (χ0) is 15.7. The smallest absolute Gasteiger partial charge is 0.126 e. The molecule has 0 amide bonds. The topological polar surface area (TPSA) is 17.1 Å². The zero-order valence-electron chi connectivity index (χ0n) is 13.1. The summed E-state index contributed by atoms with van der Waals surface area (Å²) < 4.78 is 0. The number of allylic oxidation sites excluding steroid dienone is 1. The van der Waals surface area contributed by atoms with Gasteiger partial charge in [0, 0.05) is 5.41 Å². The van der Waals surface area contributed by atoms with Crippen molar-refractivity contribution >= 4 is 6.29 Å². The molecule has 1 heteroatoms. The van der Waals surface area contributed by atoms with Crippen LogP contribution < -0.4 is 0 Å². The van der Waals surface area contributed by atoms with E-state index in [0.717, 1.165) is 38.4 Å². The molecule has 114 valence electrons. The first-order valence-corrected chi connectivity index (χ1v) is 7.93. The lowest BCUT2D eigenvalue weighted by molar-refractivity contribution is -0.116. The van der Waals surface area contributed by atoms with E-state index < -0.39 is 0 Å². The minimum absolute atomic E-state index is 0.322. The van der Waals surface area contributed by atoms with Gasteiger partial charge in [0.05, 0.1) is 0 Å². The van der Waals surface area contributed by atoms with Crippen molar-refractivity contribution in [1.82, 2.24) is 0 Å². The van der Waals surface area contributed by atoms with Gasteiger partial charge >= 0.3 is 0 Å². The lowest BCUT2D eigenvalue weighted by Crippen LogP contribution is -2.25. The van der Waals surface area contributed by atoms with E-state index in [1.807, 2.05) is 30.3 Å². The highest BCUT2D eigenvalue weighted by molar-refractivity contribution is 5.60. The van der Waals surface area contributed by atoms with Gasteiger partial charge in [-0.05, 0) is 43.2 Å². The predicted octanol–water partition coefficient (Wildman–Crippen LogP) is 5.01. The monoisotopic (exact) mass is 292 g/mol. The maximum Gasteiger partial charge on any atom is 0.126 e. The van der Waals surface area contributed by atoms with Crippen LogP contribution in [0, 0.1) is 5.41 Å². The molecule has 0 aliphatic heterocycles. The number of carbonyl (C=O) groups excluding carboxylic acids is 1. The second-order valence-corrected chi connectivity index (χ2v) is 5.97. The van der Waals surface area contributed by atoms with Crippen molar-refractivity contribution in [2.45, 2.75) is 32.1 Å². The highest BCUT2D eigenvalue weighted by Gasteiger charge is 2.28. The Morgan fingerprint density at radius 2 is 1.50 bits per heavy atom. The highest BCUT2D eigenvalue weighted by Crippen LogP contribution is 2.31. The van der Waals surface area contributed by atoms with Crippen LogP contribution in [0.15, 0.2) is 73.3 Å². The van der Waals surface area contributed by atoms with Crippen molar-refractivity contribution in [3.63, 3.8) is 0 Å². The summed E-state index contributed by atoms with van der Waals surface area (Å²) in [5.41, 5.74) is 2.23. The first-order chi connectivity index (χ1) is 10.8. The van der Waals surface area contributed by atoms with Gasteiger partial charge in [-0.3, -0.25) is 0 Å². The summed E-state index contributed by atoms with van der Waals surface area (Å²) >= 11 is 0. The Kier molecular flexibility index (Phi) is 6.14. The van der Waals surface area contributed by atoms with Gasteiger partial charge in [0.25, 0.3) is 0 Å². The summed E-state index contributed by atoms with van der Waals surface area (Å²) in [6.07, 6.45) is 7.48. The third kappa shape index (κ3) is 4.70. The molecular formula is C21H24O. The highest BCUT2D eigenvalue weighted by atomic mass is 16.1.